The van der Waals surface area contributed by atoms with Crippen molar-refractivity contribution in [1.82, 2.24) is 0 Å². The first-order valence-electron chi connectivity index (χ1n) is 4.63. The Morgan fingerprint density at radius 1 is 1.55 bits per heavy atom. The molecule has 1 nitrogen and oxygen atoms in total. The van der Waals surface area contributed by atoms with Crippen molar-refractivity contribution in [3.05, 3.63) is 0 Å². The first-order valence-corrected chi connectivity index (χ1v) is 4.63. The van der Waals surface area contributed by atoms with Crippen LogP contribution in [-0.2, 0) is 0 Å². The van der Waals surface area contributed by atoms with Gasteiger partial charge in [0.25, 0.3) is 0 Å². The minimum atomic E-state index is 0.266. The topological polar surface area (TPSA) is 23.8 Å². The predicted octanol–water partition coefficient (Wildman–Crippen LogP) is 2.97. The molecule has 0 aliphatic heterocycles. The van der Waals surface area contributed by atoms with E-state index < -0.39 is 0 Å². The maximum absolute atomic E-state index is 8.55. The van der Waals surface area contributed by atoms with Crippen LogP contribution in [0.25, 0.3) is 0 Å². The Morgan fingerprint density at radius 2 is 2.27 bits per heavy atom. The second-order valence-corrected chi connectivity index (χ2v) is 3.92. The summed E-state index contributed by atoms with van der Waals surface area (Å²) < 4.78 is 0. The van der Waals surface area contributed by atoms with Gasteiger partial charge in [0, 0.05) is 5.92 Å². The lowest BCUT2D eigenvalue weighted by molar-refractivity contribution is 0.176. The van der Waals surface area contributed by atoms with Crippen molar-refractivity contribution in [1.29, 1.82) is 5.26 Å². The van der Waals surface area contributed by atoms with Crippen molar-refractivity contribution in [2.75, 3.05) is 0 Å². The maximum Gasteiger partial charge on any atom is 0.0652 e. The molecule has 1 aliphatic rings. The molecule has 0 heterocycles. The highest BCUT2D eigenvalue weighted by molar-refractivity contribution is 4.82. The molecule has 1 fully saturated rings. The van der Waals surface area contributed by atoms with Gasteiger partial charge in [0.05, 0.1) is 6.07 Å². The summed E-state index contributed by atoms with van der Waals surface area (Å²) in [5, 5.41) is 8.55. The Hall–Kier alpha value is -0.510. The van der Waals surface area contributed by atoms with E-state index >= 15 is 0 Å². The van der Waals surface area contributed by atoms with Crippen LogP contribution in [0.1, 0.15) is 39.5 Å². The molecule has 3 atom stereocenters. The summed E-state index contributed by atoms with van der Waals surface area (Å²) in [6.07, 6.45) is 5.19. The summed E-state index contributed by atoms with van der Waals surface area (Å²) in [6, 6.07) is 2.28. The van der Waals surface area contributed by atoms with Crippen LogP contribution in [-0.4, -0.2) is 0 Å². The van der Waals surface area contributed by atoms with Crippen LogP contribution in [0.5, 0.6) is 0 Å². The third-order valence-electron chi connectivity index (χ3n) is 2.99. The molecule has 0 amide bonds. The van der Waals surface area contributed by atoms with Gasteiger partial charge in [-0.25, -0.2) is 0 Å². The standard InChI is InChI=1S/C10H17N/c1-8(7-11)3-5-10-6-4-9(10)2/h8-10H,3-6H2,1-2H3. The number of nitriles is 1. The summed E-state index contributed by atoms with van der Waals surface area (Å²) in [6.45, 7) is 4.34. The van der Waals surface area contributed by atoms with E-state index in [1.165, 1.54) is 19.3 Å². The Morgan fingerprint density at radius 3 is 2.64 bits per heavy atom. The van der Waals surface area contributed by atoms with Crippen LogP contribution >= 0.6 is 0 Å². The van der Waals surface area contributed by atoms with Crippen molar-refractivity contribution < 1.29 is 0 Å². The molecule has 0 aromatic carbocycles. The molecule has 0 radical (unpaired) electrons. The van der Waals surface area contributed by atoms with E-state index in [1.807, 2.05) is 6.92 Å². The molecular formula is C10H17N. The van der Waals surface area contributed by atoms with Gasteiger partial charge in [-0.3, -0.25) is 0 Å². The third-order valence-corrected chi connectivity index (χ3v) is 2.99. The maximum atomic E-state index is 8.55. The molecule has 11 heavy (non-hydrogen) atoms. The van der Waals surface area contributed by atoms with E-state index in [-0.39, 0.29) is 5.92 Å². The molecule has 0 N–H and O–H groups in total. The minimum Gasteiger partial charge on any atom is -0.198 e. The van der Waals surface area contributed by atoms with Crippen molar-refractivity contribution in [2.24, 2.45) is 17.8 Å². The fourth-order valence-electron chi connectivity index (χ4n) is 1.69. The molecule has 62 valence electrons. The van der Waals surface area contributed by atoms with Crippen molar-refractivity contribution >= 4 is 0 Å². The van der Waals surface area contributed by atoms with Crippen LogP contribution in [0.15, 0.2) is 0 Å². The van der Waals surface area contributed by atoms with Gasteiger partial charge in [-0.1, -0.05) is 13.3 Å². The van der Waals surface area contributed by atoms with Gasteiger partial charge >= 0.3 is 0 Å². The highest BCUT2D eigenvalue weighted by Crippen LogP contribution is 2.37. The van der Waals surface area contributed by atoms with E-state index in [0.717, 1.165) is 18.3 Å². The average Bonchev–Trinajstić information content (AvgIpc) is 2.01. The van der Waals surface area contributed by atoms with Crippen LogP contribution < -0.4 is 0 Å². The first kappa shape index (κ1) is 8.59. The molecule has 1 heteroatoms. The van der Waals surface area contributed by atoms with Gasteiger partial charge in [0.1, 0.15) is 0 Å². The van der Waals surface area contributed by atoms with Crippen molar-refractivity contribution in [3.63, 3.8) is 0 Å². The van der Waals surface area contributed by atoms with Gasteiger partial charge in [0.15, 0.2) is 0 Å². The summed E-state index contributed by atoms with van der Waals surface area (Å²) in [4.78, 5) is 0. The van der Waals surface area contributed by atoms with Crippen LogP contribution in [0.2, 0.25) is 0 Å². The van der Waals surface area contributed by atoms with Gasteiger partial charge in [-0.2, -0.15) is 5.26 Å². The summed E-state index contributed by atoms with van der Waals surface area (Å²) in [5.41, 5.74) is 0. The van der Waals surface area contributed by atoms with E-state index in [2.05, 4.69) is 13.0 Å². The second kappa shape index (κ2) is 3.76. The smallest absolute Gasteiger partial charge is 0.0652 e. The zero-order valence-corrected chi connectivity index (χ0v) is 7.51. The predicted molar refractivity (Wildman–Crippen MR) is 45.9 cm³/mol. The quantitative estimate of drug-likeness (QED) is 0.608. The summed E-state index contributed by atoms with van der Waals surface area (Å²) >= 11 is 0. The van der Waals surface area contributed by atoms with E-state index in [0.29, 0.717) is 0 Å². The molecule has 1 aliphatic carbocycles. The van der Waals surface area contributed by atoms with Gasteiger partial charge in [0.2, 0.25) is 0 Å². The average molecular weight is 151 g/mol. The second-order valence-electron chi connectivity index (χ2n) is 3.92. The normalized spacial score (nSPS) is 32.1. The molecule has 0 bridgehead atoms. The molecule has 1 rings (SSSR count). The number of nitrogens with zero attached hydrogens (tertiary/aromatic N) is 1. The molecule has 0 spiro atoms. The molecule has 1 saturated carbocycles. The highest BCUT2D eigenvalue weighted by atomic mass is 14.3. The summed E-state index contributed by atoms with van der Waals surface area (Å²) in [5.74, 6) is 2.13. The van der Waals surface area contributed by atoms with Crippen LogP contribution in [0.4, 0.5) is 0 Å². The third kappa shape index (κ3) is 2.22. The monoisotopic (exact) mass is 151 g/mol. The lowest BCUT2D eigenvalue weighted by Crippen LogP contribution is -2.23. The fraction of sp³-hybridized carbons (Fsp3) is 0.900. The molecule has 3 unspecified atom stereocenters. The SMILES string of the molecule is CC(C#N)CCC1CCC1C. The molecular weight excluding hydrogens is 134 g/mol. The Balaban J connectivity index is 2.08. The first-order chi connectivity index (χ1) is 5.24. The van der Waals surface area contributed by atoms with Crippen LogP contribution in [0, 0.1) is 29.1 Å². The lowest BCUT2D eigenvalue weighted by atomic mass is 9.72. The van der Waals surface area contributed by atoms with Crippen molar-refractivity contribution in [3.8, 4) is 6.07 Å². The van der Waals surface area contributed by atoms with Crippen molar-refractivity contribution in [2.45, 2.75) is 39.5 Å². The van der Waals surface area contributed by atoms with Crippen LogP contribution in [0.3, 0.4) is 0 Å². The molecule has 0 saturated heterocycles. The zero-order valence-electron chi connectivity index (χ0n) is 7.51. The van der Waals surface area contributed by atoms with Gasteiger partial charge < -0.3 is 0 Å². The molecule has 0 aromatic rings. The zero-order chi connectivity index (χ0) is 8.27. The molecule has 0 aromatic heterocycles. The largest absolute Gasteiger partial charge is 0.198 e. The lowest BCUT2D eigenvalue weighted by Gasteiger charge is -2.34. The Bertz CT molecular complexity index is 157. The van der Waals surface area contributed by atoms with Gasteiger partial charge in [-0.05, 0) is 38.0 Å². The number of rotatable bonds is 3. The number of hydrogen-bond acceptors (Lipinski definition) is 1. The van der Waals surface area contributed by atoms with E-state index in [9.17, 15) is 0 Å². The fourth-order valence-corrected chi connectivity index (χ4v) is 1.69. The van der Waals surface area contributed by atoms with Gasteiger partial charge in [-0.15, -0.1) is 0 Å². The minimum absolute atomic E-state index is 0.266. The summed E-state index contributed by atoms with van der Waals surface area (Å²) in [7, 11) is 0. The van der Waals surface area contributed by atoms with E-state index in [1.54, 1.807) is 0 Å². The Labute approximate surface area is 69.4 Å². The highest BCUT2D eigenvalue weighted by Gasteiger charge is 2.26. The Kier molecular flexibility index (Phi) is 2.93. The van der Waals surface area contributed by atoms with E-state index in [4.69, 9.17) is 5.26 Å². The number of hydrogen-bond donors (Lipinski definition) is 0.